The minimum Gasteiger partial charge on any atom is -0.336 e. The Bertz CT molecular complexity index is 536. The molecular weight excluding hydrogens is 226 g/mol. The monoisotopic (exact) mass is 245 g/mol. The van der Waals surface area contributed by atoms with E-state index in [1.807, 2.05) is 42.9 Å². The summed E-state index contributed by atoms with van der Waals surface area (Å²) in [6.45, 7) is 3.77. The summed E-state index contributed by atoms with van der Waals surface area (Å²) in [5.41, 5.74) is 0.458. The highest BCUT2D eigenvalue weighted by Gasteiger charge is 2.49. The van der Waals surface area contributed by atoms with Gasteiger partial charge in [-0.25, -0.2) is 0 Å². The van der Waals surface area contributed by atoms with Gasteiger partial charge in [0.05, 0.1) is 5.41 Å². The van der Waals surface area contributed by atoms with Crippen LogP contribution in [0.1, 0.15) is 19.8 Å². The molecule has 4 heteroatoms. The fourth-order valence-corrected chi connectivity index (χ4v) is 2.55. The van der Waals surface area contributed by atoms with E-state index in [0.717, 1.165) is 24.6 Å². The van der Waals surface area contributed by atoms with Gasteiger partial charge in [0.25, 0.3) is 5.91 Å². The molecule has 0 spiro atoms. The topological polar surface area (TPSA) is 37.6 Å². The number of aromatic nitrogens is 1. The molecule has 2 fully saturated rings. The van der Waals surface area contributed by atoms with Crippen molar-refractivity contribution in [3.63, 3.8) is 0 Å². The van der Waals surface area contributed by atoms with E-state index in [1.54, 1.807) is 0 Å². The van der Waals surface area contributed by atoms with Crippen molar-refractivity contribution in [2.75, 3.05) is 13.1 Å². The van der Waals surface area contributed by atoms with Gasteiger partial charge >= 0.3 is 0 Å². The molecule has 96 valence electrons. The lowest BCUT2D eigenvalue weighted by atomic mass is 9.81. The Labute approximate surface area is 107 Å². The number of nitrogens with zero attached hydrogens (tertiary/aromatic N) is 3. The van der Waals surface area contributed by atoms with Crippen LogP contribution in [0.2, 0.25) is 0 Å². The van der Waals surface area contributed by atoms with Crippen LogP contribution in [-0.2, 0) is 11.8 Å². The number of carbonyl (C=O) groups excluding carboxylic acids is 1. The van der Waals surface area contributed by atoms with Crippen LogP contribution in [-0.4, -0.2) is 34.5 Å². The van der Waals surface area contributed by atoms with E-state index in [2.05, 4.69) is 9.89 Å². The molecule has 0 atom stereocenters. The summed E-state index contributed by atoms with van der Waals surface area (Å²) in [7, 11) is 1.91. The van der Waals surface area contributed by atoms with E-state index in [4.69, 9.17) is 0 Å². The largest absolute Gasteiger partial charge is 0.336 e. The zero-order chi connectivity index (χ0) is 12.8. The summed E-state index contributed by atoms with van der Waals surface area (Å²) in [5, 5.41) is 0. The van der Waals surface area contributed by atoms with Gasteiger partial charge in [-0.2, -0.15) is 4.99 Å². The maximum absolute atomic E-state index is 12.3. The third-order valence-electron chi connectivity index (χ3n) is 3.93. The normalized spacial score (nSPS) is 23.8. The highest BCUT2D eigenvalue weighted by molar-refractivity contribution is 5.84. The van der Waals surface area contributed by atoms with Crippen LogP contribution in [0.25, 0.3) is 0 Å². The van der Waals surface area contributed by atoms with Crippen LogP contribution in [0.15, 0.2) is 29.4 Å². The molecule has 18 heavy (non-hydrogen) atoms. The maximum Gasteiger partial charge on any atom is 0.256 e. The van der Waals surface area contributed by atoms with Crippen LogP contribution >= 0.6 is 0 Å². The van der Waals surface area contributed by atoms with Gasteiger partial charge in [0.1, 0.15) is 5.49 Å². The lowest BCUT2D eigenvalue weighted by Crippen LogP contribution is -2.59. The van der Waals surface area contributed by atoms with Crippen LogP contribution < -0.4 is 5.49 Å². The van der Waals surface area contributed by atoms with Crippen molar-refractivity contribution in [1.82, 2.24) is 9.47 Å². The molecule has 1 saturated carbocycles. The second-order valence-corrected chi connectivity index (χ2v) is 5.78. The molecule has 1 aliphatic heterocycles. The van der Waals surface area contributed by atoms with Gasteiger partial charge in [0.2, 0.25) is 0 Å². The van der Waals surface area contributed by atoms with Crippen LogP contribution in [0.4, 0.5) is 0 Å². The summed E-state index contributed by atoms with van der Waals surface area (Å²) in [4.78, 5) is 18.9. The van der Waals surface area contributed by atoms with Crippen LogP contribution in [0, 0.1) is 5.41 Å². The number of likely N-dealkylation sites (tertiary alicyclic amines) is 1. The summed E-state index contributed by atoms with van der Waals surface area (Å²) in [6.07, 6.45) is 4.51. The average molecular weight is 245 g/mol. The predicted molar refractivity (Wildman–Crippen MR) is 68.7 cm³/mol. The Hall–Kier alpha value is -1.42. The standard InChI is InChI=1S/C14H19N3O/c1-14(9-17(10-14)11-6-7-11)13(18)15-12-5-3-4-8-16(12)2/h3-5,8,11H,6-7,9-10H2,1-2H3/b15-12+. The highest BCUT2D eigenvalue weighted by atomic mass is 16.1. The van der Waals surface area contributed by atoms with Gasteiger partial charge in [0.15, 0.2) is 0 Å². The molecule has 2 aliphatic rings. The van der Waals surface area contributed by atoms with Crippen LogP contribution in [0.3, 0.4) is 0 Å². The first-order valence-electron chi connectivity index (χ1n) is 6.53. The quantitative estimate of drug-likeness (QED) is 0.777. The van der Waals surface area contributed by atoms with E-state index in [-0.39, 0.29) is 11.3 Å². The van der Waals surface area contributed by atoms with Gasteiger partial charge in [-0.05, 0) is 31.9 Å². The van der Waals surface area contributed by atoms with Crippen molar-refractivity contribution in [3.05, 3.63) is 29.9 Å². The number of rotatable bonds is 2. The molecular formula is C14H19N3O. The van der Waals surface area contributed by atoms with E-state index >= 15 is 0 Å². The van der Waals surface area contributed by atoms with Crippen LogP contribution in [0.5, 0.6) is 0 Å². The van der Waals surface area contributed by atoms with Gasteiger partial charge in [-0.3, -0.25) is 9.69 Å². The smallest absolute Gasteiger partial charge is 0.256 e. The molecule has 1 aromatic heterocycles. The van der Waals surface area contributed by atoms with Gasteiger partial charge in [-0.15, -0.1) is 0 Å². The van der Waals surface area contributed by atoms with E-state index in [1.165, 1.54) is 12.8 Å². The van der Waals surface area contributed by atoms with Crippen molar-refractivity contribution in [2.24, 2.45) is 17.5 Å². The highest BCUT2D eigenvalue weighted by Crippen LogP contribution is 2.39. The second-order valence-electron chi connectivity index (χ2n) is 5.78. The van der Waals surface area contributed by atoms with Crippen molar-refractivity contribution in [1.29, 1.82) is 0 Å². The molecule has 2 heterocycles. The van der Waals surface area contributed by atoms with Crippen molar-refractivity contribution >= 4 is 5.91 Å². The molecule has 1 saturated heterocycles. The molecule has 3 rings (SSSR count). The Morgan fingerprint density at radius 3 is 2.72 bits per heavy atom. The summed E-state index contributed by atoms with van der Waals surface area (Å²) >= 11 is 0. The number of carbonyl (C=O) groups is 1. The molecule has 1 aliphatic carbocycles. The number of amides is 1. The molecule has 0 unspecified atom stereocenters. The van der Waals surface area contributed by atoms with Gasteiger partial charge in [0, 0.05) is 32.4 Å². The first kappa shape index (κ1) is 11.7. The van der Waals surface area contributed by atoms with Crippen molar-refractivity contribution in [3.8, 4) is 0 Å². The molecule has 1 aromatic rings. The fraction of sp³-hybridized carbons (Fsp3) is 0.571. The third kappa shape index (κ3) is 2.01. The number of hydrogen-bond acceptors (Lipinski definition) is 2. The van der Waals surface area contributed by atoms with Crippen molar-refractivity contribution in [2.45, 2.75) is 25.8 Å². The first-order chi connectivity index (χ1) is 8.58. The summed E-state index contributed by atoms with van der Waals surface area (Å²) in [5.74, 6) is 0.0150. The van der Waals surface area contributed by atoms with E-state index < -0.39 is 0 Å². The first-order valence-corrected chi connectivity index (χ1v) is 6.53. The average Bonchev–Trinajstić information content (AvgIpc) is 3.11. The number of pyridine rings is 1. The Balaban J connectivity index is 1.76. The summed E-state index contributed by atoms with van der Waals surface area (Å²) < 4.78 is 1.87. The molecule has 1 amide bonds. The van der Waals surface area contributed by atoms with E-state index in [9.17, 15) is 4.79 Å². The lowest BCUT2D eigenvalue weighted by Gasteiger charge is -2.46. The van der Waals surface area contributed by atoms with E-state index in [0.29, 0.717) is 0 Å². The lowest BCUT2D eigenvalue weighted by molar-refractivity contribution is -0.136. The minimum absolute atomic E-state index is 0.0150. The second kappa shape index (κ2) is 4.05. The summed E-state index contributed by atoms with van der Waals surface area (Å²) in [6, 6.07) is 6.46. The fourth-order valence-electron chi connectivity index (χ4n) is 2.55. The Kier molecular flexibility index (Phi) is 2.63. The Morgan fingerprint density at radius 1 is 1.39 bits per heavy atom. The Morgan fingerprint density at radius 2 is 2.11 bits per heavy atom. The third-order valence-corrected chi connectivity index (χ3v) is 3.93. The molecule has 4 nitrogen and oxygen atoms in total. The zero-order valence-corrected chi connectivity index (χ0v) is 11.0. The zero-order valence-electron chi connectivity index (χ0n) is 11.0. The van der Waals surface area contributed by atoms with Gasteiger partial charge < -0.3 is 4.57 Å². The molecule has 0 bridgehead atoms. The van der Waals surface area contributed by atoms with Gasteiger partial charge in [-0.1, -0.05) is 6.07 Å². The molecule has 0 N–H and O–H groups in total. The SMILES string of the molecule is Cn1cccc/c1=N\C(=O)C1(C)CN(C2CC2)C1. The predicted octanol–water partition coefficient (Wildman–Crippen LogP) is 0.937. The minimum atomic E-state index is -0.272. The molecule has 0 aromatic carbocycles. The molecule has 0 radical (unpaired) electrons. The number of aryl methyl sites for hydroxylation is 1. The maximum atomic E-state index is 12.3. The number of hydrogen-bond donors (Lipinski definition) is 0. The van der Waals surface area contributed by atoms with Crippen molar-refractivity contribution < 1.29 is 4.79 Å².